The number of aryl methyl sites for hydroxylation is 1. The molecule has 1 aromatic rings. The van der Waals surface area contributed by atoms with Gasteiger partial charge in [0.15, 0.2) is 0 Å². The van der Waals surface area contributed by atoms with E-state index in [4.69, 9.17) is 0 Å². The first-order valence-electron chi connectivity index (χ1n) is 6.06. The molecule has 0 aliphatic rings. The number of carboxylic acid groups (broad SMARTS) is 1. The summed E-state index contributed by atoms with van der Waals surface area (Å²) < 4.78 is 0. The molecule has 0 saturated heterocycles. The normalized spacial score (nSPS) is 11.3. The van der Waals surface area contributed by atoms with E-state index in [-0.39, 0.29) is 5.75 Å². The van der Waals surface area contributed by atoms with E-state index in [1.807, 2.05) is 24.8 Å². The summed E-state index contributed by atoms with van der Waals surface area (Å²) >= 11 is 0. The number of hydrogen-bond donors (Lipinski definition) is 2. The van der Waals surface area contributed by atoms with Gasteiger partial charge in [-0.15, -0.1) is 0 Å². The average Bonchev–Trinajstić information content (AvgIpc) is 2.29. The maximum atomic E-state index is 11.2. The standard InChI is InChI=1S/C14H21NO3/c1-5-15(9-14(3,4)13(17)18)12-8-11(16)7-6-10(12)2/h6-8,16H,5,9H2,1-4H3,(H,17,18). The van der Waals surface area contributed by atoms with E-state index >= 15 is 0 Å². The number of nitrogens with zero attached hydrogens (tertiary/aromatic N) is 1. The molecule has 0 spiro atoms. The van der Waals surface area contributed by atoms with E-state index in [0.717, 1.165) is 11.3 Å². The van der Waals surface area contributed by atoms with Gasteiger partial charge in [-0.05, 0) is 39.3 Å². The Bertz CT molecular complexity index is 441. The van der Waals surface area contributed by atoms with Gasteiger partial charge in [0.25, 0.3) is 0 Å². The summed E-state index contributed by atoms with van der Waals surface area (Å²) in [6, 6.07) is 5.15. The topological polar surface area (TPSA) is 60.8 Å². The lowest BCUT2D eigenvalue weighted by molar-refractivity contribution is -0.146. The monoisotopic (exact) mass is 251 g/mol. The largest absolute Gasteiger partial charge is 0.508 e. The molecule has 0 heterocycles. The lowest BCUT2D eigenvalue weighted by Crippen LogP contribution is -2.39. The van der Waals surface area contributed by atoms with Gasteiger partial charge in [0.05, 0.1) is 5.41 Å². The van der Waals surface area contributed by atoms with Gasteiger partial charge in [-0.2, -0.15) is 0 Å². The van der Waals surface area contributed by atoms with Gasteiger partial charge >= 0.3 is 5.97 Å². The lowest BCUT2D eigenvalue weighted by Gasteiger charge is -2.31. The van der Waals surface area contributed by atoms with Crippen molar-refractivity contribution in [2.45, 2.75) is 27.7 Å². The van der Waals surface area contributed by atoms with Crippen molar-refractivity contribution in [3.05, 3.63) is 23.8 Å². The molecule has 0 bridgehead atoms. The molecule has 18 heavy (non-hydrogen) atoms. The van der Waals surface area contributed by atoms with E-state index < -0.39 is 11.4 Å². The van der Waals surface area contributed by atoms with Crippen LogP contribution in [0.15, 0.2) is 18.2 Å². The molecule has 4 heteroatoms. The highest BCUT2D eigenvalue weighted by Crippen LogP contribution is 2.28. The van der Waals surface area contributed by atoms with Crippen LogP contribution < -0.4 is 4.90 Å². The van der Waals surface area contributed by atoms with E-state index in [2.05, 4.69) is 0 Å². The summed E-state index contributed by atoms with van der Waals surface area (Å²) in [5.74, 6) is -0.624. The average molecular weight is 251 g/mol. The smallest absolute Gasteiger partial charge is 0.310 e. The van der Waals surface area contributed by atoms with Crippen LogP contribution in [0.5, 0.6) is 5.75 Å². The van der Waals surface area contributed by atoms with Crippen LogP contribution in [-0.2, 0) is 4.79 Å². The van der Waals surface area contributed by atoms with Crippen molar-refractivity contribution >= 4 is 11.7 Å². The van der Waals surface area contributed by atoms with Gasteiger partial charge in [-0.25, -0.2) is 0 Å². The van der Waals surface area contributed by atoms with Gasteiger partial charge in [0, 0.05) is 24.8 Å². The first-order valence-corrected chi connectivity index (χ1v) is 6.06. The summed E-state index contributed by atoms with van der Waals surface area (Å²) in [6.07, 6.45) is 0. The molecule has 0 aliphatic carbocycles. The van der Waals surface area contributed by atoms with Crippen molar-refractivity contribution in [1.29, 1.82) is 0 Å². The minimum atomic E-state index is -0.825. The van der Waals surface area contributed by atoms with Crippen LogP contribution >= 0.6 is 0 Å². The molecule has 0 aliphatic heterocycles. The second kappa shape index (κ2) is 5.29. The Morgan fingerprint density at radius 3 is 2.50 bits per heavy atom. The van der Waals surface area contributed by atoms with Crippen LogP contribution in [0.4, 0.5) is 5.69 Å². The minimum absolute atomic E-state index is 0.196. The Labute approximate surface area is 108 Å². The van der Waals surface area contributed by atoms with Crippen LogP contribution in [0.2, 0.25) is 0 Å². The highest BCUT2D eigenvalue weighted by atomic mass is 16.4. The Balaban J connectivity index is 3.03. The third kappa shape index (κ3) is 3.15. The maximum Gasteiger partial charge on any atom is 0.310 e. The van der Waals surface area contributed by atoms with Crippen molar-refractivity contribution in [1.82, 2.24) is 0 Å². The zero-order valence-electron chi connectivity index (χ0n) is 11.4. The fourth-order valence-corrected chi connectivity index (χ4v) is 1.85. The second-order valence-electron chi connectivity index (χ2n) is 5.17. The Kier molecular flexibility index (Phi) is 4.22. The summed E-state index contributed by atoms with van der Waals surface area (Å²) in [5.41, 5.74) is 1.08. The number of benzene rings is 1. The lowest BCUT2D eigenvalue weighted by atomic mass is 9.92. The molecule has 0 fully saturated rings. The van der Waals surface area contributed by atoms with Crippen LogP contribution in [0.1, 0.15) is 26.3 Å². The van der Waals surface area contributed by atoms with Crippen molar-refractivity contribution in [3.63, 3.8) is 0 Å². The Morgan fingerprint density at radius 1 is 1.39 bits per heavy atom. The van der Waals surface area contributed by atoms with Crippen LogP contribution in [0, 0.1) is 12.3 Å². The highest BCUT2D eigenvalue weighted by Gasteiger charge is 2.29. The van der Waals surface area contributed by atoms with E-state index in [1.165, 1.54) is 0 Å². The number of aliphatic carboxylic acids is 1. The predicted octanol–water partition coefficient (Wildman–Crippen LogP) is 2.64. The number of phenolic OH excluding ortho intramolecular Hbond substituents is 1. The summed E-state index contributed by atoms with van der Waals surface area (Å²) in [6.45, 7) is 8.43. The number of anilines is 1. The van der Waals surface area contributed by atoms with Crippen molar-refractivity contribution < 1.29 is 15.0 Å². The first kappa shape index (κ1) is 14.4. The molecule has 4 nitrogen and oxygen atoms in total. The molecular weight excluding hydrogens is 230 g/mol. The Morgan fingerprint density at radius 2 is 2.00 bits per heavy atom. The zero-order chi connectivity index (χ0) is 13.9. The van der Waals surface area contributed by atoms with Gasteiger partial charge in [-0.3, -0.25) is 4.79 Å². The molecule has 1 aromatic carbocycles. The fraction of sp³-hybridized carbons (Fsp3) is 0.500. The van der Waals surface area contributed by atoms with Crippen LogP contribution in [0.25, 0.3) is 0 Å². The molecule has 0 aromatic heterocycles. The number of rotatable bonds is 5. The quantitative estimate of drug-likeness (QED) is 0.844. The Hall–Kier alpha value is -1.71. The van der Waals surface area contributed by atoms with E-state index in [0.29, 0.717) is 13.1 Å². The number of carbonyl (C=O) groups is 1. The molecule has 1 rings (SSSR count). The minimum Gasteiger partial charge on any atom is -0.508 e. The molecule has 100 valence electrons. The summed E-state index contributed by atoms with van der Waals surface area (Å²) in [5, 5.41) is 18.7. The molecule has 0 radical (unpaired) electrons. The molecule has 0 unspecified atom stereocenters. The van der Waals surface area contributed by atoms with E-state index in [1.54, 1.807) is 26.0 Å². The molecule has 2 N–H and O–H groups in total. The third-order valence-electron chi connectivity index (χ3n) is 3.08. The molecule has 0 amide bonds. The summed E-state index contributed by atoms with van der Waals surface area (Å²) in [4.78, 5) is 13.2. The zero-order valence-corrected chi connectivity index (χ0v) is 11.4. The molecule has 0 saturated carbocycles. The number of hydrogen-bond acceptors (Lipinski definition) is 3. The van der Waals surface area contributed by atoms with Gasteiger partial charge in [-0.1, -0.05) is 6.07 Å². The van der Waals surface area contributed by atoms with Gasteiger partial charge in [0.2, 0.25) is 0 Å². The fourth-order valence-electron chi connectivity index (χ4n) is 1.85. The number of phenols is 1. The van der Waals surface area contributed by atoms with Crippen molar-refractivity contribution in [2.75, 3.05) is 18.0 Å². The summed E-state index contributed by atoms with van der Waals surface area (Å²) in [7, 11) is 0. The van der Waals surface area contributed by atoms with Crippen molar-refractivity contribution in [3.8, 4) is 5.75 Å². The number of aromatic hydroxyl groups is 1. The SMILES string of the molecule is CCN(CC(C)(C)C(=O)O)c1cc(O)ccc1C. The number of carboxylic acids is 1. The maximum absolute atomic E-state index is 11.2. The van der Waals surface area contributed by atoms with E-state index in [9.17, 15) is 15.0 Å². The predicted molar refractivity (Wildman–Crippen MR) is 72.1 cm³/mol. The third-order valence-corrected chi connectivity index (χ3v) is 3.08. The van der Waals surface area contributed by atoms with Crippen LogP contribution in [0.3, 0.4) is 0 Å². The van der Waals surface area contributed by atoms with Crippen LogP contribution in [-0.4, -0.2) is 29.3 Å². The first-order chi connectivity index (χ1) is 8.27. The molecular formula is C14H21NO3. The highest BCUT2D eigenvalue weighted by molar-refractivity contribution is 5.75. The van der Waals surface area contributed by atoms with Crippen molar-refractivity contribution in [2.24, 2.45) is 5.41 Å². The van der Waals surface area contributed by atoms with Gasteiger partial charge < -0.3 is 15.1 Å². The second-order valence-corrected chi connectivity index (χ2v) is 5.17. The molecule has 0 atom stereocenters. The van der Waals surface area contributed by atoms with Gasteiger partial charge in [0.1, 0.15) is 5.75 Å².